The largest absolute Gasteiger partial charge is 0.398 e. The highest BCUT2D eigenvalue weighted by molar-refractivity contribution is 7.88. The SMILES string of the molecule is Nc1ccccc1CS(=O)(=O)NCC1CCOCC1. The van der Waals surface area contributed by atoms with Crippen molar-refractivity contribution in [3.63, 3.8) is 0 Å². The molecule has 0 bridgehead atoms. The van der Waals surface area contributed by atoms with Crippen molar-refractivity contribution in [3.8, 4) is 0 Å². The Morgan fingerprint density at radius 1 is 1.26 bits per heavy atom. The minimum atomic E-state index is -3.33. The molecule has 3 N–H and O–H groups in total. The lowest BCUT2D eigenvalue weighted by Gasteiger charge is -2.22. The van der Waals surface area contributed by atoms with Crippen molar-refractivity contribution in [3.05, 3.63) is 29.8 Å². The number of sulfonamides is 1. The number of rotatable bonds is 5. The molecular weight excluding hydrogens is 264 g/mol. The maximum Gasteiger partial charge on any atom is 0.215 e. The molecule has 1 aliphatic rings. The van der Waals surface area contributed by atoms with Crippen molar-refractivity contribution >= 4 is 15.7 Å². The minimum absolute atomic E-state index is 0.0666. The minimum Gasteiger partial charge on any atom is -0.398 e. The number of para-hydroxylation sites is 1. The number of nitrogen functional groups attached to an aromatic ring is 1. The van der Waals surface area contributed by atoms with Gasteiger partial charge in [0.15, 0.2) is 0 Å². The Morgan fingerprint density at radius 3 is 2.63 bits per heavy atom. The van der Waals surface area contributed by atoms with Crippen LogP contribution in [0.3, 0.4) is 0 Å². The molecule has 5 nitrogen and oxygen atoms in total. The average Bonchev–Trinajstić information content (AvgIpc) is 2.40. The van der Waals surface area contributed by atoms with E-state index in [1.807, 2.05) is 0 Å². The smallest absolute Gasteiger partial charge is 0.215 e. The molecule has 0 amide bonds. The molecule has 19 heavy (non-hydrogen) atoms. The van der Waals surface area contributed by atoms with Crippen LogP contribution in [0, 0.1) is 5.92 Å². The highest BCUT2D eigenvalue weighted by Gasteiger charge is 2.18. The number of nitrogens with one attached hydrogen (secondary N) is 1. The number of ether oxygens (including phenoxy) is 1. The van der Waals surface area contributed by atoms with Gasteiger partial charge in [0, 0.05) is 25.4 Å². The first-order valence-electron chi connectivity index (χ1n) is 6.45. The summed E-state index contributed by atoms with van der Waals surface area (Å²) < 4.78 is 31.9. The van der Waals surface area contributed by atoms with Crippen molar-refractivity contribution < 1.29 is 13.2 Å². The summed E-state index contributed by atoms with van der Waals surface area (Å²) in [6.45, 7) is 1.93. The van der Waals surface area contributed by atoms with E-state index in [2.05, 4.69) is 4.72 Å². The summed E-state index contributed by atoms with van der Waals surface area (Å²) in [6, 6.07) is 7.03. The lowest BCUT2D eigenvalue weighted by atomic mass is 10.0. The molecule has 1 saturated heterocycles. The van der Waals surface area contributed by atoms with Crippen LogP contribution in [0.4, 0.5) is 5.69 Å². The van der Waals surface area contributed by atoms with E-state index in [1.54, 1.807) is 24.3 Å². The zero-order chi connectivity index (χ0) is 13.7. The molecule has 1 aromatic rings. The van der Waals surface area contributed by atoms with Gasteiger partial charge in [0.05, 0.1) is 5.75 Å². The van der Waals surface area contributed by atoms with Gasteiger partial charge in [-0.2, -0.15) is 0 Å². The number of hydrogen-bond donors (Lipinski definition) is 2. The number of benzene rings is 1. The Balaban J connectivity index is 1.90. The Kier molecular flexibility index (Phi) is 4.79. The van der Waals surface area contributed by atoms with Crippen molar-refractivity contribution in [1.29, 1.82) is 0 Å². The van der Waals surface area contributed by atoms with E-state index in [-0.39, 0.29) is 5.75 Å². The van der Waals surface area contributed by atoms with Crippen LogP contribution in [0.2, 0.25) is 0 Å². The number of nitrogens with two attached hydrogens (primary N) is 1. The molecule has 1 fully saturated rings. The van der Waals surface area contributed by atoms with Gasteiger partial charge in [-0.3, -0.25) is 0 Å². The lowest BCUT2D eigenvalue weighted by Crippen LogP contribution is -2.33. The van der Waals surface area contributed by atoms with Crippen molar-refractivity contribution in [2.45, 2.75) is 18.6 Å². The summed E-state index contributed by atoms with van der Waals surface area (Å²) in [4.78, 5) is 0. The van der Waals surface area contributed by atoms with Crippen LogP contribution in [0.15, 0.2) is 24.3 Å². The lowest BCUT2D eigenvalue weighted by molar-refractivity contribution is 0.0678. The van der Waals surface area contributed by atoms with Gasteiger partial charge < -0.3 is 10.5 Å². The molecular formula is C13H20N2O3S. The van der Waals surface area contributed by atoms with E-state index in [4.69, 9.17) is 10.5 Å². The standard InChI is InChI=1S/C13H20N2O3S/c14-13-4-2-1-3-12(13)10-19(16,17)15-9-11-5-7-18-8-6-11/h1-4,11,15H,5-10,14H2. The zero-order valence-electron chi connectivity index (χ0n) is 10.8. The fourth-order valence-corrected chi connectivity index (χ4v) is 3.38. The summed E-state index contributed by atoms with van der Waals surface area (Å²) in [7, 11) is -3.33. The molecule has 2 rings (SSSR count). The molecule has 1 aromatic carbocycles. The quantitative estimate of drug-likeness (QED) is 0.794. The predicted molar refractivity (Wildman–Crippen MR) is 75.0 cm³/mol. The van der Waals surface area contributed by atoms with Gasteiger partial charge in [0.1, 0.15) is 0 Å². The van der Waals surface area contributed by atoms with Crippen LogP contribution in [0.1, 0.15) is 18.4 Å². The second-order valence-electron chi connectivity index (χ2n) is 4.86. The topological polar surface area (TPSA) is 81.4 Å². The molecule has 106 valence electrons. The first-order valence-corrected chi connectivity index (χ1v) is 8.10. The van der Waals surface area contributed by atoms with Gasteiger partial charge in [0.25, 0.3) is 0 Å². The summed E-state index contributed by atoms with van der Waals surface area (Å²) in [5.74, 6) is 0.305. The maximum atomic E-state index is 12.0. The van der Waals surface area contributed by atoms with Crippen LogP contribution in [0.5, 0.6) is 0 Å². The predicted octanol–water partition coefficient (Wildman–Crippen LogP) is 1.11. The second-order valence-corrected chi connectivity index (χ2v) is 6.67. The normalized spacial score (nSPS) is 17.5. The monoisotopic (exact) mass is 284 g/mol. The van der Waals surface area contributed by atoms with Crippen molar-refractivity contribution in [2.24, 2.45) is 5.92 Å². The third kappa shape index (κ3) is 4.49. The molecule has 0 atom stereocenters. The van der Waals surface area contributed by atoms with E-state index < -0.39 is 10.0 Å². The van der Waals surface area contributed by atoms with E-state index in [1.165, 1.54) is 0 Å². The van der Waals surface area contributed by atoms with Crippen LogP contribution < -0.4 is 10.5 Å². The Labute approximate surface area is 114 Å². The summed E-state index contributed by atoms with van der Waals surface area (Å²) in [6.07, 6.45) is 1.83. The van der Waals surface area contributed by atoms with E-state index >= 15 is 0 Å². The van der Waals surface area contributed by atoms with E-state index in [9.17, 15) is 8.42 Å². The highest BCUT2D eigenvalue weighted by atomic mass is 32.2. The number of anilines is 1. The fourth-order valence-electron chi connectivity index (χ4n) is 2.12. The molecule has 1 heterocycles. The van der Waals surface area contributed by atoms with Crippen LogP contribution >= 0.6 is 0 Å². The first-order chi connectivity index (χ1) is 9.07. The maximum absolute atomic E-state index is 12.0. The van der Waals surface area contributed by atoms with Gasteiger partial charge in [-0.1, -0.05) is 18.2 Å². The third-order valence-electron chi connectivity index (χ3n) is 3.33. The molecule has 0 aliphatic carbocycles. The molecule has 0 radical (unpaired) electrons. The van der Waals surface area contributed by atoms with Crippen LogP contribution in [-0.2, 0) is 20.5 Å². The first kappa shape index (κ1) is 14.3. The summed E-state index contributed by atoms with van der Waals surface area (Å²) >= 11 is 0. The summed E-state index contributed by atoms with van der Waals surface area (Å²) in [5.41, 5.74) is 6.91. The number of hydrogen-bond acceptors (Lipinski definition) is 4. The molecule has 6 heteroatoms. The third-order valence-corrected chi connectivity index (χ3v) is 4.63. The fraction of sp³-hybridized carbons (Fsp3) is 0.538. The molecule has 0 saturated carbocycles. The van der Waals surface area contributed by atoms with Crippen LogP contribution in [0.25, 0.3) is 0 Å². The molecule has 0 unspecified atom stereocenters. The van der Waals surface area contributed by atoms with E-state index in [0.717, 1.165) is 26.1 Å². The molecule has 0 spiro atoms. The van der Waals surface area contributed by atoms with Crippen molar-refractivity contribution in [2.75, 3.05) is 25.5 Å². The Bertz CT molecular complexity index is 510. The zero-order valence-corrected chi connectivity index (χ0v) is 11.7. The van der Waals surface area contributed by atoms with Crippen LogP contribution in [-0.4, -0.2) is 28.2 Å². The average molecular weight is 284 g/mol. The molecule has 1 aliphatic heterocycles. The van der Waals surface area contributed by atoms with Gasteiger partial charge >= 0.3 is 0 Å². The van der Waals surface area contributed by atoms with Gasteiger partial charge in [-0.05, 0) is 30.4 Å². The Morgan fingerprint density at radius 2 is 1.95 bits per heavy atom. The van der Waals surface area contributed by atoms with E-state index in [0.29, 0.717) is 23.7 Å². The highest BCUT2D eigenvalue weighted by Crippen LogP contribution is 2.16. The van der Waals surface area contributed by atoms with Crippen molar-refractivity contribution in [1.82, 2.24) is 4.72 Å². The Hall–Kier alpha value is -1.11. The van der Waals surface area contributed by atoms with Gasteiger partial charge in [-0.15, -0.1) is 0 Å². The summed E-state index contributed by atoms with van der Waals surface area (Å²) in [5, 5.41) is 0. The van der Waals surface area contributed by atoms with Gasteiger partial charge in [-0.25, -0.2) is 13.1 Å². The van der Waals surface area contributed by atoms with Gasteiger partial charge in [0.2, 0.25) is 10.0 Å². The second kappa shape index (κ2) is 6.36. The molecule has 0 aromatic heterocycles.